The molecule has 2 N–H and O–H groups in total. The van der Waals surface area contributed by atoms with Gasteiger partial charge in [-0.2, -0.15) is 13.2 Å². The predicted molar refractivity (Wildman–Crippen MR) is 69.3 cm³/mol. The largest absolute Gasteiger partial charge is 0.471 e. The van der Waals surface area contributed by atoms with Crippen LogP contribution in [-0.2, 0) is 16.1 Å². The first-order valence-electron chi connectivity index (χ1n) is 6.02. The Morgan fingerprint density at radius 1 is 1.40 bits per heavy atom. The zero-order valence-electron chi connectivity index (χ0n) is 11.3. The van der Waals surface area contributed by atoms with Gasteiger partial charge in [-0.05, 0) is 24.6 Å². The summed E-state index contributed by atoms with van der Waals surface area (Å²) >= 11 is 0. The Kier molecular flexibility index (Phi) is 5.97. The lowest BCUT2D eigenvalue weighted by Gasteiger charge is -2.13. The average molecular weight is 290 g/mol. The van der Waals surface area contributed by atoms with Crippen LogP contribution in [0.15, 0.2) is 24.3 Å². The number of hydrogen-bond acceptors (Lipinski definition) is 3. The van der Waals surface area contributed by atoms with E-state index in [0.29, 0.717) is 13.2 Å². The van der Waals surface area contributed by atoms with Crippen molar-refractivity contribution in [2.24, 2.45) is 0 Å². The highest BCUT2D eigenvalue weighted by Crippen LogP contribution is 2.18. The van der Waals surface area contributed by atoms with Gasteiger partial charge in [0.1, 0.15) is 0 Å². The Morgan fingerprint density at radius 3 is 2.70 bits per heavy atom. The number of benzene rings is 1. The van der Waals surface area contributed by atoms with E-state index in [2.05, 4.69) is 5.32 Å². The van der Waals surface area contributed by atoms with Crippen LogP contribution in [0, 0.1) is 0 Å². The topological polar surface area (TPSA) is 50.4 Å². The summed E-state index contributed by atoms with van der Waals surface area (Å²) in [4.78, 5) is 10.8. The van der Waals surface area contributed by atoms with Crippen LogP contribution in [-0.4, -0.2) is 31.8 Å². The summed E-state index contributed by atoms with van der Waals surface area (Å²) in [5.41, 5.74) is 0.888. The van der Waals surface area contributed by atoms with Crippen molar-refractivity contribution < 1.29 is 22.7 Å². The molecule has 0 saturated heterocycles. The minimum Gasteiger partial charge on any atom is -0.383 e. The zero-order chi connectivity index (χ0) is 15.2. The molecule has 1 atom stereocenters. The molecule has 0 aliphatic carbocycles. The first kappa shape index (κ1) is 16.5. The molecule has 0 bridgehead atoms. The molecule has 0 aliphatic heterocycles. The number of carbonyl (C=O) groups is 1. The first-order valence-corrected chi connectivity index (χ1v) is 6.02. The van der Waals surface area contributed by atoms with Crippen LogP contribution in [0.1, 0.15) is 12.5 Å². The van der Waals surface area contributed by atoms with E-state index >= 15 is 0 Å². The highest BCUT2D eigenvalue weighted by molar-refractivity contribution is 5.94. The number of alkyl halides is 3. The molecular formula is C13H17F3N2O2. The van der Waals surface area contributed by atoms with Gasteiger partial charge in [0.2, 0.25) is 0 Å². The summed E-state index contributed by atoms with van der Waals surface area (Å²) in [5.74, 6) is -1.98. The minimum absolute atomic E-state index is 0.117. The zero-order valence-corrected chi connectivity index (χ0v) is 11.3. The van der Waals surface area contributed by atoms with Crippen molar-refractivity contribution in [1.29, 1.82) is 0 Å². The third-order valence-electron chi connectivity index (χ3n) is 2.51. The lowest BCUT2D eigenvalue weighted by atomic mass is 10.2. The second-order valence-electron chi connectivity index (χ2n) is 4.39. The molecule has 0 aromatic heterocycles. The number of amides is 1. The quantitative estimate of drug-likeness (QED) is 0.845. The number of carbonyl (C=O) groups excluding carboxylic acids is 1. The Balaban J connectivity index is 2.60. The van der Waals surface area contributed by atoms with E-state index in [1.807, 2.05) is 12.2 Å². The maximum atomic E-state index is 12.1. The second-order valence-corrected chi connectivity index (χ2v) is 4.39. The molecule has 0 spiro atoms. The van der Waals surface area contributed by atoms with Crippen LogP contribution in [0.3, 0.4) is 0 Å². The molecule has 0 saturated carbocycles. The summed E-state index contributed by atoms with van der Waals surface area (Å²) in [6.45, 7) is 2.93. The van der Waals surface area contributed by atoms with Gasteiger partial charge in [-0.25, -0.2) is 0 Å². The highest BCUT2D eigenvalue weighted by atomic mass is 19.4. The molecule has 4 nitrogen and oxygen atoms in total. The van der Waals surface area contributed by atoms with Gasteiger partial charge in [-0.15, -0.1) is 0 Å². The van der Waals surface area contributed by atoms with Gasteiger partial charge in [-0.1, -0.05) is 12.1 Å². The molecule has 1 aromatic carbocycles. The summed E-state index contributed by atoms with van der Waals surface area (Å²) in [5, 5.41) is 4.97. The third kappa shape index (κ3) is 5.58. The second kappa shape index (κ2) is 7.25. The molecule has 112 valence electrons. The van der Waals surface area contributed by atoms with E-state index in [4.69, 9.17) is 4.74 Å². The van der Waals surface area contributed by atoms with Crippen molar-refractivity contribution in [3.05, 3.63) is 29.8 Å². The number of anilines is 1. The molecule has 1 aromatic rings. The summed E-state index contributed by atoms with van der Waals surface area (Å²) in [6.07, 6.45) is -4.89. The number of hydrogen-bond donors (Lipinski definition) is 2. The van der Waals surface area contributed by atoms with E-state index in [-0.39, 0.29) is 11.7 Å². The molecule has 1 amide bonds. The molecule has 0 radical (unpaired) electrons. The van der Waals surface area contributed by atoms with Crippen molar-refractivity contribution in [2.75, 3.05) is 19.0 Å². The maximum absolute atomic E-state index is 12.1. The number of rotatable bonds is 6. The van der Waals surface area contributed by atoms with E-state index in [0.717, 1.165) is 5.56 Å². The molecular weight excluding hydrogens is 273 g/mol. The van der Waals surface area contributed by atoms with Gasteiger partial charge in [0.15, 0.2) is 0 Å². The van der Waals surface area contributed by atoms with E-state index in [1.165, 1.54) is 12.1 Å². The number of ether oxygens (including phenoxy) is 1. The van der Waals surface area contributed by atoms with Crippen molar-refractivity contribution in [1.82, 2.24) is 5.32 Å². The highest BCUT2D eigenvalue weighted by Gasteiger charge is 2.38. The lowest BCUT2D eigenvalue weighted by Crippen LogP contribution is -2.30. The maximum Gasteiger partial charge on any atom is 0.471 e. The van der Waals surface area contributed by atoms with E-state index in [9.17, 15) is 18.0 Å². The molecule has 0 aliphatic rings. The van der Waals surface area contributed by atoms with Crippen LogP contribution in [0.25, 0.3) is 0 Å². The van der Waals surface area contributed by atoms with Gasteiger partial charge < -0.3 is 15.4 Å². The Bertz CT molecular complexity index is 449. The first-order chi connectivity index (χ1) is 9.32. The van der Waals surface area contributed by atoms with Crippen LogP contribution < -0.4 is 10.6 Å². The Labute approximate surface area is 115 Å². The molecule has 0 fully saturated rings. The van der Waals surface area contributed by atoms with Crippen molar-refractivity contribution in [3.63, 3.8) is 0 Å². The lowest BCUT2D eigenvalue weighted by molar-refractivity contribution is -0.167. The molecule has 1 rings (SSSR count). The smallest absolute Gasteiger partial charge is 0.383 e. The Morgan fingerprint density at radius 2 is 2.10 bits per heavy atom. The third-order valence-corrected chi connectivity index (χ3v) is 2.51. The fraction of sp³-hybridized carbons (Fsp3) is 0.462. The van der Waals surface area contributed by atoms with E-state index in [1.54, 1.807) is 19.2 Å². The summed E-state index contributed by atoms with van der Waals surface area (Å²) < 4.78 is 41.4. The Hall–Kier alpha value is -1.60. The monoisotopic (exact) mass is 290 g/mol. The fourth-order valence-corrected chi connectivity index (χ4v) is 1.56. The van der Waals surface area contributed by atoms with Crippen LogP contribution in [0.5, 0.6) is 0 Å². The minimum atomic E-state index is -4.89. The van der Waals surface area contributed by atoms with Crippen LogP contribution in [0.2, 0.25) is 0 Å². The molecule has 1 unspecified atom stereocenters. The number of halogens is 3. The standard InChI is InChI=1S/C13H17F3N2O2/c1-9(8-20-2)17-7-10-4-3-5-11(6-10)18-12(19)13(14,15)16/h3-6,9,17H,7-8H2,1-2H3,(H,18,19). The molecule has 7 heteroatoms. The summed E-state index contributed by atoms with van der Waals surface area (Å²) in [6, 6.07) is 6.37. The van der Waals surface area contributed by atoms with Crippen molar-refractivity contribution >= 4 is 11.6 Å². The number of methoxy groups -OCH3 is 1. The van der Waals surface area contributed by atoms with Crippen molar-refractivity contribution in [2.45, 2.75) is 25.7 Å². The molecule has 20 heavy (non-hydrogen) atoms. The van der Waals surface area contributed by atoms with Gasteiger partial charge >= 0.3 is 12.1 Å². The van der Waals surface area contributed by atoms with Gasteiger partial charge in [0, 0.05) is 25.4 Å². The fourth-order valence-electron chi connectivity index (χ4n) is 1.56. The van der Waals surface area contributed by atoms with Gasteiger partial charge in [-0.3, -0.25) is 4.79 Å². The van der Waals surface area contributed by atoms with Gasteiger partial charge in [0.25, 0.3) is 0 Å². The summed E-state index contributed by atoms with van der Waals surface area (Å²) in [7, 11) is 1.59. The van der Waals surface area contributed by atoms with Crippen molar-refractivity contribution in [3.8, 4) is 0 Å². The van der Waals surface area contributed by atoms with Crippen LogP contribution in [0.4, 0.5) is 18.9 Å². The predicted octanol–water partition coefficient (Wildman–Crippen LogP) is 2.31. The average Bonchev–Trinajstić information content (AvgIpc) is 2.36. The molecule has 0 heterocycles. The SMILES string of the molecule is COCC(C)NCc1cccc(NC(=O)C(F)(F)F)c1. The number of nitrogens with one attached hydrogen (secondary N) is 2. The normalized spacial score (nSPS) is 13.1. The van der Waals surface area contributed by atoms with E-state index < -0.39 is 12.1 Å². The van der Waals surface area contributed by atoms with Crippen LogP contribution >= 0.6 is 0 Å². The van der Waals surface area contributed by atoms with Gasteiger partial charge in [0.05, 0.1) is 6.61 Å².